The van der Waals surface area contributed by atoms with Crippen LogP contribution in [-0.4, -0.2) is 40.6 Å². The second-order valence-corrected chi connectivity index (χ2v) is 6.37. The van der Waals surface area contributed by atoms with Crippen LogP contribution in [0.3, 0.4) is 0 Å². The molecule has 2 N–H and O–H groups in total. The fourth-order valence-corrected chi connectivity index (χ4v) is 4.03. The van der Waals surface area contributed by atoms with Gasteiger partial charge in [-0.15, -0.1) is 12.4 Å². The summed E-state index contributed by atoms with van der Waals surface area (Å²) in [6.45, 7) is 4.39. The van der Waals surface area contributed by atoms with Crippen molar-refractivity contribution in [2.75, 3.05) is 20.2 Å². The van der Waals surface area contributed by atoms with E-state index in [9.17, 15) is 13.2 Å². The number of carbonyl (C=O) groups excluding carboxylic acids is 1. The highest BCUT2D eigenvalue weighted by Crippen LogP contribution is 2.27. The van der Waals surface area contributed by atoms with Crippen molar-refractivity contribution in [3.8, 4) is 0 Å². The molecule has 0 aliphatic carbocycles. The maximum absolute atomic E-state index is 12.5. The lowest BCUT2D eigenvalue weighted by molar-refractivity contribution is 0.0595. The molecule has 0 saturated carbocycles. The maximum atomic E-state index is 12.5. The van der Waals surface area contributed by atoms with Crippen molar-refractivity contribution < 1.29 is 22.4 Å². The number of esters is 1. The molecule has 1 saturated heterocycles. The summed E-state index contributed by atoms with van der Waals surface area (Å²) < 4.78 is 37.4. The highest BCUT2D eigenvalue weighted by molar-refractivity contribution is 7.89. The van der Waals surface area contributed by atoms with Gasteiger partial charge >= 0.3 is 5.97 Å². The Morgan fingerprint density at radius 3 is 2.57 bits per heavy atom. The predicted octanol–water partition coefficient (Wildman–Crippen LogP) is 0.745. The molecular formula is C12H19ClN2O5S. The fourth-order valence-electron chi connectivity index (χ4n) is 2.36. The summed E-state index contributed by atoms with van der Waals surface area (Å²) in [5, 5.41) is 3.07. The number of aryl methyl sites for hydroxylation is 2. The number of sulfonamides is 1. The zero-order valence-electron chi connectivity index (χ0n) is 12.1. The molecule has 120 valence electrons. The lowest BCUT2D eigenvalue weighted by Crippen LogP contribution is -2.37. The minimum atomic E-state index is -3.82. The van der Waals surface area contributed by atoms with E-state index in [-0.39, 0.29) is 40.4 Å². The minimum Gasteiger partial charge on any atom is -0.465 e. The second kappa shape index (κ2) is 6.78. The number of methoxy groups -OCH3 is 1. The number of halogens is 1. The van der Waals surface area contributed by atoms with E-state index in [1.165, 1.54) is 21.0 Å². The van der Waals surface area contributed by atoms with Crippen molar-refractivity contribution in [2.24, 2.45) is 0 Å². The molecule has 1 aromatic rings. The molecule has 1 fully saturated rings. The van der Waals surface area contributed by atoms with Crippen LogP contribution in [0.4, 0.5) is 0 Å². The van der Waals surface area contributed by atoms with Gasteiger partial charge in [0, 0.05) is 12.6 Å². The van der Waals surface area contributed by atoms with Gasteiger partial charge in [0.05, 0.1) is 7.11 Å². The first-order valence-corrected chi connectivity index (χ1v) is 7.76. The van der Waals surface area contributed by atoms with Gasteiger partial charge in [-0.25, -0.2) is 17.9 Å². The van der Waals surface area contributed by atoms with Gasteiger partial charge < -0.3 is 14.5 Å². The second-order valence-electron chi connectivity index (χ2n) is 4.72. The standard InChI is InChI=1S/C12H18N2O5S.ClH/c1-7-10(12(15)18-3)11(8(2)19-7)20(16,17)14-9-4-5-13-6-9;/h9,13-14H,4-6H2,1-3H3;1H. The third kappa shape index (κ3) is 3.57. The van der Waals surface area contributed by atoms with E-state index in [2.05, 4.69) is 14.8 Å². The van der Waals surface area contributed by atoms with Gasteiger partial charge in [0.25, 0.3) is 0 Å². The number of hydrogen-bond acceptors (Lipinski definition) is 6. The van der Waals surface area contributed by atoms with Crippen LogP contribution in [0, 0.1) is 13.8 Å². The monoisotopic (exact) mass is 338 g/mol. The number of nitrogens with one attached hydrogen (secondary N) is 2. The molecule has 2 heterocycles. The Morgan fingerprint density at radius 2 is 2.05 bits per heavy atom. The summed E-state index contributed by atoms with van der Waals surface area (Å²) >= 11 is 0. The molecule has 1 aliphatic heterocycles. The normalized spacial score (nSPS) is 18.3. The Hall–Kier alpha value is -1.09. The lowest BCUT2D eigenvalue weighted by Gasteiger charge is -2.12. The quantitative estimate of drug-likeness (QED) is 0.786. The van der Waals surface area contributed by atoms with Gasteiger partial charge in [-0.05, 0) is 26.8 Å². The SMILES string of the molecule is COC(=O)c1c(C)oc(C)c1S(=O)(=O)NC1CCNC1.Cl. The average molecular weight is 339 g/mol. The van der Waals surface area contributed by atoms with Gasteiger partial charge in [-0.1, -0.05) is 0 Å². The van der Waals surface area contributed by atoms with E-state index in [0.29, 0.717) is 13.0 Å². The van der Waals surface area contributed by atoms with Crippen LogP contribution in [0.5, 0.6) is 0 Å². The zero-order chi connectivity index (χ0) is 14.9. The molecule has 0 bridgehead atoms. The van der Waals surface area contributed by atoms with E-state index in [4.69, 9.17) is 4.42 Å². The molecular weight excluding hydrogens is 320 g/mol. The van der Waals surface area contributed by atoms with Gasteiger partial charge in [0.15, 0.2) is 0 Å². The lowest BCUT2D eigenvalue weighted by atomic mass is 10.2. The van der Waals surface area contributed by atoms with Crippen LogP contribution in [-0.2, 0) is 14.8 Å². The first-order chi connectivity index (χ1) is 9.36. The smallest absolute Gasteiger partial charge is 0.342 e. The molecule has 0 aromatic carbocycles. The van der Waals surface area contributed by atoms with Gasteiger partial charge in [-0.2, -0.15) is 0 Å². The van der Waals surface area contributed by atoms with Crippen LogP contribution < -0.4 is 10.0 Å². The number of furan rings is 1. The predicted molar refractivity (Wildman–Crippen MR) is 78.4 cm³/mol. The third-order valence-corrected chi connectivity index (χ3v) is 4.92. The highest BCUT2D eigenvalue weighted by Gasteiger charge is 2.33. The molecule has 9 heteroatoms. The van der Waals surface area contributed by atoms with E-state index >= 15 is 0 Å². The molecule has 1 atom stereocenters. The molecule has 0 spiro atoms. The maximum Gasteiger partial charge on any atom is 0.342 e. The number of ether oxygens (including phenoxy) is 1. The first kappa shape index (κ1) is 18.0. The van der Waals surface area contributed by atoms with E-state index in [0.717, 1.165) is 6.54 Å². The molecule has 1 aromatic heterocycles. The summed E-state index contributed by atoms with van der Waals surface area (Å²) in [4.78, 5) is 11.6. The molecule has 7 nitrogen and oxygen atoms in total. The summed E-state index contributed by atoms with van der Waals surface area (Å²) in [5.41, 5.74) is -0.0385. The molecule has 2 rings (SSSR count). The Morgan fingerprint density at radius 1 is 1.38 bits per heavy atom. The minimum absolute atomic E-state index is 0. The van der Waals surface area contributed by atoms with Gasteiger partial charge in [0.2, 0.25) is 10.0 Å². The van der Waals surface area contributed by atoms with Crippen molar-refractivity contribution in [1.82, 2.24) is 10.0 Å². The summed E-state index contributed by atoms with van der Waals surface area (Å²) in [7, 11) is -2.62. The molecule has 21 heavy (non-hydrogen) atoms. The van der Waals surface area contributed by atoms with Crippen molar-refractivity contribution in [1.29, 1.82) is 0 Å². The van der Waals surface area contributed by atoms with Crippen molar-refractivity contribution >= 4 is 28.4 Å². The molecule has 0 amide bonds. The molecule has 1 unspecified atom stereocenters. The Balaban J connectivity index is 0.00000220. The topological polar surface area (TPSA) is 97.6 Å². The average Bonchev–Trinajstić information content (AvgIpc) is 2.95. The van der Waals surface area contributed by atoms with E-state index < -0.39 is 16.0 Å². The van der Waals surface area contributed by atoms with Crippen LogP contribution in [0.2, 0.25) is 0 Å². The van der Waals surface area contributed by atoms with Crippen LogP contribution in [0.15, 0.2) is 9.31 Å². The van der Waals surface area contributed by atoms with Crippen LogP contribution in [0.25, 0.3) is 0 Å². The van der Waals surface area contributed by atoms with Gasteiger partial charge in [0.1, 0.15) is 22.0 Å². The molecule has 1 aliphatic rings. The summed E-state index contributed by atoms with van der Waals surface area (Å²) in [5.74, 6) is -0.301. The van der Waals surface area contributed by atoms with E-state index in [1.807, 2.05) is 0 Å². The molecule has 0 radical (unpaired) electrons. The van der Waals surface area contributed by atoms with Crippen LogP contribution in [0.1, 0.15) is 28.3 Å². The third-order valence-electron chi connectivity index (χ3n) is 3.25. The number of hydrogen-bond donors (Lipinski definition) is 2. The largest absolute Gasteiger partial charge is 0.465 e. The summed E-state index contributed by atoms with van der Waals surface area (Å²) in [6, 6.07) is -0.180. The fraction of sp³-hybridized carbons (Fsp3) is 0.583. The Labute approximate surface area is 129 Å². The number of carbonyl (C=O) groups is 1. The first-order valence-electron chi connectivity index (χ1n) is 6.28. The van der Waals surface area contributed by atoms with Crippen molar-refractivity contribution in [2.45, 2.75) is 31.2 Å². The van der Waals surface area contributed by atoms with Crippen LogP contribution >= 0.6 is 12.4 Å². The highest BCUT2D eigenvalue weighted by atomic mass is 35.5. The summed E-state index contributed by atoms with van der Waals surface area (Å²) in [6.07, 6.45) is 0.711. The van der Waals surface area contributed by atoms with Gasteiger partial charge in [-0.3, -0.25) is 0 Å². The Kier molecular flexibility index (Phi) is 5.80. The number of rotatable bonds is 4. The zero-order valence-corrected chi connectivity index (χ0v) is 13.7. The van der Waals surface area contributed by atoms with Crippen molar-refractivity contribution in [3.05, 3.63) is 17.1 Å². The van der Waals surface area contributed by atoms with Crippen molar-refractivity contribution in [3.63, 3.8) is 0 Å². The van der Waals surface area contributed by atoms with E-state index in [1.54, 1.807) is 0 Å². The Bertz CT molecular complexity index is 620.